The van der Waals surface area contributed by atoms with E-state index in [0.29, 0.717) is 27.0 Å². The molecule has 4 rings (SSSR count). The molecule has 0 aromatic heterocycles. The molecule has 1 saturated carbocycles. The van der Waals surface area contributed by atoms with Gasteiger partial charge in [-0.1, -0.05) is 122 Å². The molecule has 0 heterocycles. The second-order valence-corrected chi connectivity index (χ2v) is 13.1. The van der Waals surface area contributed by atoms with Crippen LogP contribution in [0.4, 0.5) is 0 Å². The van der Waals surface area contributed by atoms with Crippen molar-refractivity contribution in [2.45, 2.75) is 84.4 Å². The first-order valence-electron chi connectivity index (χ1n) is 14.5. The Balaban J connectivity index is 1.88. The second kappa shape index (κ2) is 12.2. The Hall–Kier alpha value is -2.44. The maximum absolute atomic E-state index is 6.95. The summed E-state index contributed by atoms with van der Waals surface area (Å²) in [6.45, 7) is 14.8. The van der Waals surface area contributed by atoms with Gasteiger partial charge in [-0.15, -0.1) is 0 Å². The van der Waals surface area contributed by atoms with E-state index in [1.165, 1.54) is 46.0 Å². The van der Waals surface area contributed by atoms with Crippen LogP contribution >= 0.6 is 8.58 Å². The van der Waals surface area contributed by atoms with Crippen LogP contribution in [0.3, 0.4) is 0 Å². The second-order valence-electron chi connectivity index (χ2n) is 11.3. The van der Waals surface area contributed by atoms with E-state index in [2.05, 4.69) is 113 Å². The summed E-state index contributed by atoms with van der Waals surface area (Å²) < 4.78 is 6.95. The SMILES string of the molecule is CCCC1C(C)C1(C)c1cc(C)cc(C(CC)(CC)Pc2ccccc2/C=N/C)c1OCc1ccccc1. The average Bonchev–Trinajstić information content (AvgIpc) is 3.47. The van der Waals surface area contributed by atoms with Crippen LogP contribution in [-0.2, 0) is 17.2 Å². The summed E-state index contributed by atoms with van der Waals surface area (Å²) >= 11 is 0. The number of benzene rings is 3. The number of aryl methyl sites for hydroxylation is 1. The predicted molar refractivity (Wildman–Crippen MR) is 167 cm³/mol. The summed E-state index contributed by atoms with van der Waals surface area (Å²) in [4.78, 5) is 4.36. The van der Waals surface area contributed by atoms with Crippen LogP contribution in [0.1, 0.15) is 88.1 Å². The van der Waals surface area contributed by atoms with E-state index in [1.54, 1.807) is 0 Å². The van der Waals surface area contributed by atoms with Crippen molar-refractivity contribution in [2.75, 3.05) is 7.05 Å². The largest absolute Gasteiger partial charge is 0.488 e. The minimum Gasteiger partial charge on any atom is -0.488 e. The molecule has 1 aliphatic rings. The van der Waals surface area contributed by atoms with Gasteiger partial charge in [0.05, 0.1) is 0 Å². The van der Waals surface area contributed by atoms with Crippen molar-refractivity contribution in [3.63, 3.8) is 0 Å². The Morgan fingerprint density at radius 2 is 1.68 bits per heavy atom. The van der Waals surface area contributed by atoms with Crippen molar-refractivity contribution in [1.29, 1.82) is 0 Å². The molecule has 38 heavy (non-hydrogen) atoms. The Kier molecular flexibility index (Phi) is 9.15. The molecular formula is C35H46NOP. The zero-order valence-electron chi connectivity index (χ0n) is 24.5. The maximum Gasteiger partial charge on any atom is 0.127 e. The summed E-state index contributed by atoms with van der Waals surface area (Å²) in [5.74, 6) is 2.52. The highest BCUT2D eigenvalue weighted by atomic mass is 31.1. The van der Waals surface area contributed by atoms with E-state index < -0.39 is 0 Å². The molecular weight excluding hydrogens is 481 g/mol. The van der Waals surface area contributed by atoms with Crippen LogP contribution in [0.25, 0.3) is 0 Å². The molecule has 0 aliphatic heterocycles. The molecule has 0 amide bonds. The Morgan fingerprint density at radius 3 is 2.34 bits per heavy atom. The van der Waals surface area contributed by atoms with Crippen molar-refractivity contribution < 1.29 is 4.74 Å². The van der Waals surface area contributed by atoms with Gasteiger partial charge >= 0.3 is 0 Å². The van der Waals surface area contributed by atoms with E-state index in [-0.39, 0.29) is 10.6 Å². The van der Waals surface area contributed by atoms with Gasteiger partial charge in [0.15, 0.2) is 0 Å². The molecule has 4 unspecified atom stereocenters. The van der Waals surface area contributed by atoms with E-state index in [9.17, 15) is 0 Å². The van der Waals surface area contributed by atoms with E-state index in [1.807, 2.05) is 13.3 Å². The summed E-state index contributed by atoms with van der Waals surface area (Å²) in [7, 11) is 2.49. The maximum atomic E-state index is 6.95. The fourth-order valence-electron chi connectivity index (χ4n) is 6.55. The average molecular weight is 528 g/mol. The van der Waals surface area contributed by atoms with Crippen LogP contribution in [0.5, 0.6) is 5.75 Å². The highest BCUT2D eigenvalue weighted by molar-refractivity contribution is 7.48. The van der Waals surface area contributed by atoms with Crippen LogP contribution in [0.15, 0.2) is 71.7 Å². The molecule has 0 radical (unpaired) electrons. The van der Waals surface area contributed by atoms with Gasteiger partial charge in [0.1, 0.15) is 12.4 Å². The molecule has 3 aromatic carbocycles. The Morgan fingerprint density at radius 1 is 1.00 bits per heavy atom. The van der Waals surface area contributed by atoms with Crippen molar-refractivity contribution in [2.24, 2.45) is 16.8 Å². The third kappa shape index (κ3) is 5.48. The topological polar surface area (TPSA) is 21.6 Å². The normalized spacial score (nSPS) is 21.4. The van der Waals surface area contributed by atoms with Gasteiger partial charge in [-0.25, -0.2) is 0 Å². The fraction of sp³-hybridized carbons (Fsp3) is 0.457. The van der Waals surface area contributed by atoms with Gasteiger partial charge < -0.3 is 4.74 Å². The highest BCUT2D eigenvalue weighted by Crippen LogP contribution is 2.65. The van der Waals surface area contributed by atoms with Gasteiger partial charge in [0.2, 0.25) is 0 Å². The summed E-state index contributed by atoms with van der Waals surface area (Å²) in [6.07, 6.45) is 6.64. The fourth-order valence-corrected chi connectivity index (χ4v) is 8.21. The lowest BCUT2D eigenvalue weighted by molar-refractivity contribution is 0.291. The third-order valence-electron chi connectivity index (χ3n) is 9.18. The molecule has 202 valence electrons. The predicted octanol–water partition coefficient (Wildman–Crippen LogP) is 8.97. The van der Waals surface area contributed by atoms with Crippen LogP contribution in [0.2, 0.25) is 0 Å². The first kappa shape index (κ1) is 28.6. The minimum atomic E-state index is -0.000777. The molecule has 2 nitrogen and oxygen atoms in total. The quantitative estimate of drug-likeness (QED) is 0.170. The lowest BCUT2D eigenvalue weighted by Crippen LogP contribution is -2.25. The van der Waals surface area contributed by atoms with Crippen LogP contribution < -0.4 is 10.0 Å². The molecule has 3 heteroatoms. The summed E-state index contributed by atoms with van der Waals surface area (Å²) in [5, 5.41) is 1.38. The summed E-state index contributed by atoms with van der Waals surface area (Å²) in [6, 6.07) is 24.3. The number of rotatable bonds is 12. The molecule has 0 N–H and O–H groups in total. The number of hydrogen-bond acceptors (Lipinski definition) is 2. The van der Waals surface area contributed by atoms with Gasteiger partial charge in [-0.3, -0.25) is 4.99 Å². The van der Waals surface area contributed by atoms with Gasteiger partial charge in [0.25, 0.3) is 0 Å². The standard InChI is InChI=1S/C35H46NOP/c1-8-16-29-26(5)34(29,6)30-21-25(4)22-31(33(30)37-24-27-17-12-11-13-18-27)35(9-2,10-3)38-32-20-15-14-19-28(32)23-36-7/h11-15,17-23,26,29,38H,8-10,16,24H2,1-7H3/b36-23+. The molecule has 0 spiro atoms. The Labute approximate surface area is 233 Å². The van der Waals surface area contributed by atoms with E-state index >= 15 is 0 Å². The van der Waals surface area contributed by atoms with Crippen LogP contribution in [-0.4, -0.2) is 13.3 Å². The monoisotopic (exact) mass is 527 g/mol. The first-order valence-corrected chi connectivity index (χ1v) is 15.5. The first-order chi connectivity index (χ1) is 18.3. The van der Waals surface area contributed by atoms with E-state index in [4.69, 9.17) is 4.74 Å². The third-order valence-corrected chi connectivity index (χ3v) is 11.4. The van der Waals surface area contributed by atoms with Gasteiger partial charge in [-0.05, 0) is 54.5 Å². The van der Waals surface area contributed by atoms with Crippen molar-refractivity contribution >= 4 is 20.1 Å². The zero-order chi connectivity index (χ0) is 27.3. The number of aliphatic imine (C=N–C) groups is 1. The molecule has 1 fully saturated rings. The molecule has 4 atom stereocenters. The molecule has 0 bridgehead atoms. The molecule has 1 aliphatic carbocycles. The van der Waals surface area contributed by atoms with Crippen molar-refractivity contribution in [3.8, 4) is 5.75 Å². The minimum absolute atomic E-state index is 0.000777. The van der Waals surface area contributed by atoms with Crippen LogP contribution in [0, 0.1) is 18.8 Å². The smallest absolute Gasteiger partial charge is 0.127 e. The molecule has 0 saturated heterocycles. The lowest BCUT2D eigenvalue weighted by Gasteiger charge is -2.36. The van der Waals surface area contributed by atoms with Gasteiger partial charge in [0, 0.05) is 35.0 Å². The molecule has 3 aromatic rings. The number of hydrogen-bond donors (Lipinski definition) is 0. The summed E-state index contributed by atoms with van der Waals surface area (Å²) in [5.41, 5.74) is 6.77. The Bertz CT molecular complexity index is 1250. The highest BCUT2D eigenvalue weighted by Gasteiger charge is 2.59. The van der Waals surface area contributed by atoms with Crippen molar-refractivity contribution in [1.82, 2.24) is 0 Å². The van der Waals surface area contributed by atoms with E-state index in [0.717, 1.165) is 18.6 Å². The number of ether oxygens (including phenoxy) is 1. The zero-order valence-corrected chi connectivity index (χ0v) is 25.5. The lowest BCUT2D eigenvalue weighted by atomic mass is 9.83. The number of nitrogens with zero attached hydrogens (tertiary/aromatic N) is 1. The van der Waals surface area contributed by atoms with Gasteiger partial charge in [-0.2, -0.15) is 0 Å². The van der Waals surface area contributed by atoms with Crippen molar-refractivity contribution in [3.05, 3.63) is 94.5 Å².